The van der Waals surface area contributed by atoms with Crippen LogP contribution in [0.4, 0.5) is 5.69 Å². The van der Waals surface area contributed by atoms with Crippen LogP contribution in [0.25, 0.3) is 6.08 Å². The van der Waals surface area contributed by atoms with Crippen molar-refractivity contribution in [3.63, 3.8) is 0 Å². The Bertz CT molecular complexity index is 830. The van der Waals surface area contributed by atoms with Gasteiger partial charge in [0.1, 0.15) is 12.4 Å². The molecule has 1 heterocycles. The molecule has 0 bridgehead atoms. The van der Waals surface area contributed by atoms with Crippen molar-refractivity contribution in [3.8, 4) is 5.75 Å². The van der Waals surface area contributed by atoms with Crippen LogP contribution < -0.4 is 10.1 Å². The zero-order chi connectivity index (χ0) is 17.8. The first-order chi connectivity index (χ1) is 12.0. The molecule has 6 heteroatoms. The summed E-state index contributed by atoms with van der Waals surface area (Å²) in [6, 6.07) is 14.6. The van der Waals surface area contributed by atoms with E-state index < -0.39 is 18.0 Å². The largest absolute Gasteiger partial charge is 0.488 e. The van der Waals surface area contributed by atoms with Gasteiger partial charge in [-0.2, -0.15) is 0 Å². The molecule has 2 aromatic rings. The van der Waals surface area contributed by atoms with E-state index in [1.165, 1.54) is 6.92 Å². The second-order valence-electron chi connectivity index (χ2n) is 5.54. The van der Waals surface area contributed by atoms with Crippen molar-refractivity contribution in [2.75, 3.05) is 11.9 Å². The molecular weight excluding hydrogens is 386 g/mol. The predicted molar refractivity (Wildman–Crippen MR) is 98.2 cm³/mol. The number of fused-ring (bicyclic) bond motifs is 1. The number of ether oxygens (including phenoxy) is 2. The molecule has 128 valence electrons. The topological polar surface area (TPSA) is 64.6 Å². The van der Waals surface area contributed by atoms with Crippen molar-refractivity contribution in [3.05, 3.63) is 64.1 Å². The van der Waals surface area contributed by atoms with Crippen molar-refractivity contribution in [1.82, 2.24) is 0 Å². The second-order valence-corrected chi connectivity index (χ2v) is 6.46. The third kappa shape index (κ3) is 4.28. The summed E-state index contributed by atoms with van der Waals surface area (Å²) in [6.07, 6.45) is 0.801. The number of benzene rings is 2. The van der Waals surface area contributed by atoms with E-state index in [2.05, 4.69) is 21.2 Å². The Balaban J connectivity index is 1.61. The third-order valence-electron chi connectivity index (χ3n) is 3.66. The molecule has 3 rings (SSSR count). The minimum Gasteiger partial charge on any atom is -0.488 e. The first kappa shape index (κ1) is 17.2. The highest BCUT2D eigenvalue weighted by Crippen LogP contribution is 2.26. The van der Waals surface area contributed by atoms with Gasteiger partial charge in [-0.25, -0.2) is 4.79 Å². The number of esters is 1. The summed E-state index contributed by atoms with van der Waals surface area (Å²) in [6.45, 7) is 1.65. The second kappa shape index (κ2) is 7.53. The van der Waals surface area contributed by atoms with Crippen molar-refractivity contribution in [2.45, 2.75) is 13.0 Å². The van der Waals surface area contributed by atoms with Gasteiger partial charge >= 0.3 is 5.97 Å². The number of carbonyl (C=O) groups excluding carboxylic acids is 2. The molecule has 1 aliphatic heterocycles. The van der Waals surface area contributed by atoms with Crippen LogP contribution in [0.15, 0.2) is 58.6 Å². The summed E-state index contributed by atoms with van der Waals surface area (Å²) in [7, 11) is 0. The van der Waals surface area contributed by atoms with Gasteiger partial charge in [0, 0.05) is 15.7 Å². The summed E-state index contributed by atoms with van der Waals surface area (Å²) < 4.78 is 11.7. The fourth-order valence-corrected chi connectivity index (χ4v) is 2.57. The number of para-hydroxylation sites is 1. The number of rotatable bonds is 4. The zero-order valence-electron chi connectivity index (χ0n) is 13.5. The lowest BCUT2D eigenvalue weighted by Crippen LogP contribution is -2.31. The quantitative estimate of drug-likeness (QED) is 0.791. The van der Waals surface area contributed by atoms with Crippen molar-refractivity contribution in [1.29, 1.82) is 0 Å². The number of hydrogen-bond acceptors (Lipinski definition) is 4. The number of anilines is 1. The first-order valence-corrected chi connectivity index (χ1v) is 8.52. The van der Waals surface area contributed by atoms with E-state index in [0.717, 1.165) is 15.8 Å². The Kier molecular flexibility index (Phi) is 5.19. The van der Waals surface area contributed by atoms with Crippen LogP contribution in [0.2, 0.25) is 0 Å². The van der Waals surface area contributed by atoms with Gasteiger partial charge in [0.05, 0.1) is 5.57 Å². The molecule has 0 fully saturated rings. The van der Waals surface area contributed by atoms with E-state index in [0.29, 0.717) is 11.3 Å². The maximum Gasteiger partial charge on any atom is 0.338 e. The lowest BCUT2D eigenvalue weighted by atomic mass is 10.1. The standard InChI is InChI=1S/C19H16BrNO4/c1-12(18(22)21-16-8-6-15(20)7-9-16)25-19(23)14-10-13-4-2-3-5-17(13)24-11-14/h2-10,12H,11H2,1H3,(H,21,22)/t12-/m1/s1. The highest BCUT2D eigenvalue weighted by atomic mass is 79.9. The smallest absolute Gasteiger partial charge is 0.338 e. The SMILES string of the molecule is C[C@@H](OC(=O)C1=Cc2ccccc2OC1)C(=O)Nc1ccc(Br)cc1. The maximum atomic E-state index is 12.3. The minimum atomic E-state index is -0.922. The fraction of sp³-hybridized carbons (Fsp3) is 0.158. The lowest BCUT2D eigenvalue weighted by Gasteiger charge is -2.19. The number of halogens is 1. The molecule has 0 radical (unpaired) electrons. The van der Waals surface area contributed by atoms with Gasteiger partial charge in [0.25, 0.3) is 5.91 Å². The monoisotopic (exact) mass is 401 g/mol. The molecule has 0 saturated carbocycles. The van der Waals surface area contributed by atoms with Crippen LogP contribution in [-0.2, 0) is 14.3 Å². The maximum absolute atomic E-state index is 12.3. The molecule has 0 unspecified atom stereocenters. The highest BCUT2D eigenvalue weighted by molar-refractivity contribution is 9.10. The van der Waals surface area contributed by atoms with Gasteiger partial charge in [-0.1, -0.05) is 34.1 Å². The molecular formula is C19H16BrNO4. The molecule has 5 nitrogen and oxygen atoms in total. The van der Waals surface area contributed by atoms with Gasteiger partial charge in [0.15, 0.2) is 6.10 Å². The van der Waals surface area contributed by atoms with E-state index >= 15 is 0 Å². The Morgan fingerprint density at radius 2 is 1.88 bits per heavy atom. The number of nitrogens with one attached hydrogen (secondary N) is 1. The Morgan fingerprint density at radius 3 is 2.64 bits per heavy atom. The normalized spacial score (nSPS) is 13.8. The molecule has 2 aromatic carbocycles. The van der Waals surface area contributed by atoms with E-state index in [1.807, 2.05) is 36.4 Å². The number of carbonyl (C=O) groups is 2. The molecule has 25 heavy (non-hydrogen) atoms. The van der Waals surface area contributed by atoms with E-state index in [4.69, 9.17) is 9.47 Å². The molecule has 1 amide bonds. The van der Waals surface area contributed by atoms with Crippen LogP contribution >= 0.6 is 15.9 Å². The molecule has 0 spiro atoms. The van der Waals surface area contributed by atoms with Crippen LogP contribution in [0.3, 0.4) is 0 Å². The number of amides is 1. The van der Waals surface area contributed by atoms with E-state index in [9.17, 15) is 9.59 Å². The summed E-state index contributed by atoms with van der Waals surface area (Å²) in [5.74, 6) is -0.235. The Morgan fingerprint density at radius 1 is 1.16 bits per heavy atom. The highest BCUT2D eigenvalue weighted by Gasteiger charge is 2.23. The summed E-state index contributed by atoms with van der Waals surface area (Å²) >= 11 is 3.33. The van der Waals surface area contributed by atoms with Crippen molar-refractivity contribution >= 4 is 39.6 Å². The molecule has 0 aliphatic carbocycles. The van der Waals surface area contributed by atoms with E-state index in [1.54, 1.807) is 18.2 Å². The summed E-state index contributed by atoms with van der Waals surface area (Å²) in [5.41, 5.74) is 1.82. The molecule has 1 aliphatic rings. The molecule has 1 N–H and O–H groups in total. The third-order valence-corrected chi connectivity index (χ3v) is 4.19. The average Bonchev–Trinajstić information content (AvgIpc) is 2.63. The Labute approximate surface area is 153 Å². The minimum absolute atomic E-state index is 0.122. The summed E-state index contributed by atoms with van der Waals surface area (Å²) in [5, 5.41) is 2.71. The van der Waals surface area contributed by atoms with Crippen LogP contribution in [0.1, 0.15) is 12.5 Å². The van der Waals surface area contributed by atoms with E-state index in [-0.39, 0.29) is 6.61 Å². The molecule has 1 atom stereocenters. The molecule has 0 saturated heterocycles. The molecule has 0 aromatic heterocycles. The van der Waals surface area contributed by atoms with Crippen LogP contribution in [0.5, 0.6) is 5.75 Å². The van der Waals surface area contributed by atoms with Gasteiger partial charge in [-0.15, -0.1) is 0 Å². The van der Waals surface area contributed by atoms with Gasteiger partial charge in [-0.3, -0.25) is 4.79 Å². The Hall–Kier alpha value is -2.60. The first-order valence-electron chi connectivity index (χ1n) is 7.73. The van der Waals surface area contributed by atoms with Gasteiger partial charge in [0.2, 0.25) is 0 Å². The van der Waals surface area contributed by atoms with Crippen LogP contribution in [0, 0.1) is 0 Å². The van der Waals surface area contributed by atoms with Crippen molar-refractivity contribution < 1.29 is 19.1 Å². The van der Waals surface area contributed by atoms with Gasteiger partial charge in [-0.05, 0) is 43.3 Å². The summed E-state index contributed by atoms with van der Waals surface area (Å²) in [4.78, 5) is 24.4. The number of hydrogen-bond donors (Lipinski definition) is 1. The lowest BCUT2D eigenvalue weighted by molar-refractivity contribution is -0.149. The van der Waals surface area contributed by atoms with Gasteiger partial charge < -0.3 is 14.8 Å². The fourth-order valence-electron chi connectivity index (χ4n) is 2.30. The van der Waals surface area contributed by atoms with Crippen LogP contribution in [-0.4, -0.2) is 24.6 Å². The predicted octanol–water partition coefficient (Wildman–Crippen LogP) is 3.80. The zero-order valence-corrected chi connectivity index (χ0v) is 15.1. The van der Waals surface area contributed by atoms with Crippen molar-refractivity contribution in [2.24, 2.45) is 0 Å². The average molecular weight is 402 g/mol.